The fourth-order valence-corrected chi connectivity index (χ4v) is 5.03. The van der Waals surface area contributed by atoms with E-state index in [-0.39, 0.29) is 0 Å². The van der Waals surface area contributed by atoms with E-state index in [4.69, 9.17) is 4.74 Å². The number of benzene rings is 2. The second kappa shape index (κ2) is 11.0. The predicted molar refractivity (Wildman–Crippen MR) is 127 cm³/mol. The zero-order chi connectivity index (χ0) is 22.2. The summed E-state index contributed by atoms with van der Waals surface area (Å²) in [6.45, 7) is 3.99. The predicted octanol–water partition coefficient (Wildman–Crippen LogP) is 4.58. The first-order valence-corrected chi connectivity index (χ1v) is 11.8. The summed E-state index contributed by atoms with van der Waals surface area (Å²) in [7, 11) is 1.72. The minimum absolute atomic E-state index is 0.751. The standard InChI is InChI=1S/C28H33N3O/c1-32-28-14-6-12-26(17-28)21-31-15-7-13-27(31)22-30(19-23-8-3-2-4-9-23)20-25-11-5-10-24(16-25)18-29/h5-7,10-17,23H,2-4,8-9,19-22H2,1H3/p+1. The molecule has 166 valence electrons. The van der Waals surface area contributed by atoms with E-state index in [1.165, 1.54) is 55.5 Å². The molecule has 3 aromatic rings. The van der Waals surface area contributed by atoms with Crippen molar-refractivity contribution in [3.8, 4) is 11.8 Å². The molecule has 0 saturated heterocycles. The largest absolute Gasteiger partial charge is 0.497 e. The zero-order valence-electron chi connectivity index (χ0n) is 19.1. The summed E-state index contributed by atoms with van der Waals surface area (Å²) in [5.74, 6) is 1.71. The summed E-state index contributed by atoms with van der Waals surface area (Å²) >= 11 is 0. The molecule has 0 radical (unpaired) electrons. The number of hydrogen-bond donors (Lipinski definition) is 1. The molecule has 4 rings (SSSR count). The van der Waals surface area contributed by atoms with Crippen molar-refractivity contribution in [2.24, 2.45) is 5.92 Å². The molecule has 1 saturated carbocycles. The summed E-state index contributed by atoms with van der Waals surface area (Å²) in [6.07, 6.45) is 9.02. The summed E-state index contributed by atoms with van der Waals surface area (Å²) in [6, 6.07) is 23.1. The molecule has 0 bridgehead atoms. The van der Waals surface area contributed by atoms with Gasteiger partial charge in [-0.25, -0.2) is 0 Å². The van der Waals surface area contributed by atoms with Gasteiger partial charge in [-0.3, -0.25) is 0 Å². The van der Waals surface area contributed by atoms with Gasteiger partial charge in [0.05, 0.1) is 31.0 Å². The number of methoxy groups -OCH3 is 1. The van der Waals surface area contributed by atoms with Gasteiger partial charge in [0, 0.05) is 24.2 Å². The van der Waals surface area contributed by atoms with Crippen LogP contribution in [0.3, 0.4) is 0 Å². The van der Waals surface area contributed by atoms with Crippen LogP contribution in [0.1, 0.15) is 54.5 Å². The summed E-state index contributed by atoms with van der Waals surface area (Å²) in [5.41, 5.74) is 4.61. The Hall–Kier alpha value is -3.03. The van der Waals surface area contributed by atoms with E-state index in [0.717, 1.165) is 36.9 Å². The topological polar surface area (TPSA) is 42.4 Å². The summed E-state index contributed by atoms with van der Waals surface area (Å²) < 4.78 is 7.76. The van der Waals surface area contributed by atoms with E-state index in [9.17, 15) is 5.26 Å². The minimum atomic E-state index is 0.751. The lowest BCUT2D eigenvalue weighted by atomic mass is 9.89. The van der Waals surface area contributed by atoms with Crippen LogP contribution in [0.15, 0.2) is 66.9 Å². The van der Waals surface area contributed by atoms with Crippen LogP contribution < -0.4 is 9.64 Å². The molecule has 1 aromatic heterocycles. The number of nitriles is 1. The molecule has 2 aromatic carbocycles. The van der Waals surface area contributed by atoms with E-state index < -0.39 is 0 Å². The van der Waals surface area contributed by atoms with E-state index in [1.807, 2.05) is 18.2 Å². The molecule has 0 spiro atoms. The molecule has 1 heterocycles. The molecule has 1 fully saturated rings. The number of hydrogen-bond acceptors (Lipinski definition) is 2. The van der Waals surface area contributed by atoms with Crippen molar-refractivity contribution >= 4 is 0 Å². The first-order valence-electron chi connectivity index (χ1n) is 11.8. The highest BCUT2D eigenvalue weighted by molar-refractivity contribution is 5.32. The molecule has 4 heteroatoms. The molecule has 1 unspecified atom stereocenters. The first-order chi connectivity index (χ1) is 15.7. The van der Waals surface area contributed by atoms with Crippen molar-refractivity contribution in [3.05, 3.63) is 89.2 Å². The Morgan fingerprint density at radius 2 is 1.78 bits per heavy atom. The molecular weight excluding hydrogens is 394 g/mol. The van der Waals surface area contributed by atoms with Crippen molar-refractivity contribution < 1.29 is 9.64 Å². The van der Waals surface area contributed by atoms with E-state index in [0.29, 0.717) is 0 Å². The van der Waals surface area contributed by atoms with Crippen LogP contribution in [0, 0.1) is 17.2 Å². The summed E-state index contributed by atoms with van der Waals surface area (Å²) in [4.78, 5) is 1.58. The third-order valence-corrected chi connectivity index (χ3v) is 6.65. The lowest BCUT2D eigenvalue weighted by Crippen LogP contribution is -3.10. The Bertz CT molecular complexity index is 1040. The summed E-state index contributed by atoms with van der Waals surface area (Å²) in [5, 5.41) is 9.31. The van der Waals surface area contributed by atoms with Gasteiger partial charge in [0.2, 0.25) is 0 Å². The highest BCUT2D eigenvalue weighted by Crippen LogP contribution is 2.22. The maximum absolute atomic E-state index is 9.31. The second-order valence-corrected chi connectivity index (χ2v) is 9.10. The van der Waals surface area contributed by atoms with Crippen molar-refractivity contribution in [1.29, 1.82) is 5.26 Å². The first kappa shape index (κ1) is 22.2. The van der Waals surface area contributed by atoms with Crippen LogP contribution >= 0.6 is 0 Å². The Morgan fingerprint density at radius 3 is 2.59 bits per heavy atom. The molecule has 0 aliphatic heterocycles. The van der Waals surface area contributed by atoms with Gasteiger partial charge in [0.15, 0.2) is 0 Å². The number of nitrogens with one attached hydrogen (secondary N) is 1. The Morgan fingerprint density at radius 1 is 0.969 bits per heavy atom. The lowest BCUT2D eigenvalue weighted by molar-refractivity contribution is -0.931. The average molecular weight is 429 g/mol. The van der Waals surface area contributed by atoms with Crippen molar-refractivity contribution in [1.82, 2.24) is 4.57 Å². The van der Waals surface area contributed by atoms with E-state index in [1.54, 1.807) is 12.0 Å². The monoisotopic (exact) mass is 428 g/mol. The molecule has 1 aliphatic rings. The van der Waals surface area contributed by atoms with Gasteiger partial charge in [0.1, 0.15) is 18.8 Å². The van der Waals surface area contributed by atoms with Crippen molar-refractivity contribution in [3.63, 3.8) is 0 Å². The van der Waals surface area contributed by atoms with Gasteiger partial charge in [-0.2, -0.15) is 5.26 Å². The highest BCUT2D eigenvalue weighted by Gasteiger charge is 2.21. The fourth-order valence-electron chi connectivity index (χ4n) is 5.03. The third-order valence-electron chi connectivity index (χ3n) is 6.65. The van der Waals surface area contributed by atoms with Crippen LogP contribution in [0.4, 0.5) is 0 Å². The molecule has 0 amide bonds. The SMILES string of the molecule is COc1cccc(Cn2cccc2C[NH+](Cc2cccc(C#N)c2)CC2CCCCC2)c1. The quantitative estimate of drug-likeness (QED) is 0.542. The number of nitrogens with zero attached hydrogens (tertiary/aromatic N) is 2. The Balaban J connectivity index is 1.51. The molecule has 32 heavy (non-hydrogen) atoms. The maximum Gasteiger partial charge on any atom is 0.119 e. The van der Waals surface area contributed by atoms with Gasteiger partial charge in [0.25, 0.3) is 0 Å². The Labute approximate surface area is 192 Å². The second-order valence-electron chi connectivity index (χ2n) is 9.10. The Kier molecular flexibility index (Phi) is 7.64. The average Bonchev–Trinajstić information content (AvgIpc) is 3.26. The molecule has 1 N–H and O–H groups in total. The number of ether oxygens (including phenoxy) is 1. The maximum atomic E-state index is 9.31. The molecule has 1 atom stereocenters. The van der Waals surface area contributed by atoms with Crippen LogP contribution in [0.2, 0.25) is 0 Å². The van der Waals surface area contributed by atoms with Gasteiger partial charge in [-0.15, -0.1) is 0 Å². The van der Waals surface area contributed by atoms with Crippen molar-refractivity contribution in [2.75, 3.05) is 13.7 Å². The van der Waals surface area contributed by atoms with Crippen LogP contribution in [-0.4, -0.2) is 18.2 Å². The van der Waals surface area contributed by atoms with Gasteiger partial charge in [-0.1, -0.05) is 43.5 Å². The number of rotatable bonds is 9. The zero-order valence-corrected chi connectivity index (χ0v) is 19.1. The lowest BCUT2D eigenvalue weighted by Gasteiger charge is -2.28. The number of aromatic nitrogens is 1. The number of quaternary nitrogens is 1. The molecule has 4 nitrogen and oxygen atoms in total. The van der Waals surface area contributed by atoms with E-state index >= 15 is 0 Å². The highest BCUT2D eigenvalue weighted by atomic mass is 16.5. The van der Waals surface area contributed by atoms with Crippen LogP contribution in [0.25, 0.3) is 0 Å². The van der Waals surface area contributed by atoms with Gasteiger partial charge < -0.3 is 14.2 Å². The van der Waals surface area contributed by atoms with Gasteiger partial charge >= 0.3 is 0 Å². The van der Waals surface area contributed by atoms with Crippen molar-refractivity contribution in [2.45, 2.75) is 51.7 Å². The van der Waals surface area contributed by atoms with E-state index in [2.05, 4.69) is 59.3 Å². The normalized spacial score (nSPS) is 15.2. The molecular formula is C28H34N3O+. The fraction of sp³-hybridized carbons (Fsp3) is 0.393. The molecule has 1 aliphatic carbocycles. The smallest absolute Gasteiger partial charge is 0.119 e. The third kappa shape index (κ3) is 6.02. The van der Waals surface area contributed by atoms with Gasteiger partial charge in [-0.05, 0) is 54.8 Å². The van der Waals surface area contributed by atoms with Crippen LogP contribution in [-0.2, 0) is 19.6 Å². The minimum Gasteiger partial charge on any atom is -0.497 e. The van der Waals surface area contributed by atoms with Crippen LogP contribution in [0.5, 0.6) is 5.75 Å².